The molecule has 2 aromatic rings. The summed E-state index contributed by atoms with van der Waals surface area (Å²) in [5, 5.41) is 0. The number of ether oxygens (including phenoxy) is 1. The molecule has 31 heavy (non-hydrogen) atoms. The number of aromatic nitrogens is 1. The molecule has 0 saturated carbocycles. The number of anilines is 1. The molecule has 3 rings (SSSR count). The molecule has 1 fully saturated rings. The number of pyridine rings is 1. The molecule has 0 bridgehead atoms. The zero-order valence-electron chi connectivity index (χ0n) is 17.9. The van der Waals surface area contributed by atoms with Gasteiger partial charge in [0.05, 0.1) is 5.69 Å². The van der Waals surface area contributed by atoms with E-state index in [1.54, 1.807) is 26.1 Å². The van der Waals surface area contributed by atoms with Crippen molar-refractivity contribution in [3.63, 3.8) is 0 Å². The maximum Gasteiger partial charge on any atom is 0.573 e. The molecule has 1 aromatic carbocycles. The topological polar surface area (TPSA) is 62.7 Å². The predicted octanol–water partition coefficient (Wildman–Crippen LogP) is 5.03. The van der Waals surface area contributed by atoms with Crippen molar-refractivity contribution >= 4 is 17.6 Å². The summed E-state index contributed by atoms with van der Waals surface area (Å²) in [7, 11) is 0. The van der Waals surface area contributed by atoms with Gasteiger partial charge in [0, 0.05) is 23.9 Å². The zero-order valence-corrected chi connectivity index (χ0v) is 17.9. The van der Waals surface area contributed by atoms with E-state index in [0.29, 0.717) is 0 Å². The van der Waals surface area contributed by atoms with E-state index in [2.05, 4.69) is 9.72 Å². The number of rotatable bonds is 4. The summed E-state index contributed by atoms with van der Waals surface area (Å²) < 4.78 is 41.0. The minimum atomic E-state index is -4.82. The number of alkyl halides is 3. The van der Waals surface area contributed by atoms with E-state index in [1.165, 1.54) is 17.0 Å². The average Bonchev–Trinajstić information content (AvgIpc) is 2.81. The third-order valence-electron chi connectivity index (χ3n) is 5.09. The van der Waals surface area contributed by atoms with Gasteiger partial charge in [-0.05, 0) is 55.8 Å². The SMILES string of the molecule is CC(C)(C)c1cc(CN2C(=O)N(c3ccc(OC(F)(F)F)cc3)C(=O)C2(C)C)ccn1. The first kappa shape index (κ1) is 22.6. The number of benzene rings is 1. The Labute approximate surface area is 178 Å². The van der Waals surface area contributed by atoms with E-state index in [4.69, 9.17) is 0 Å². The lowest BCUT2D eigenvalue weighted by atomic mass is 9.90. The van der Waals surface area contributed by atoms with Crippen LogP contribution in [-0.2, 0) is 16.8 Å². The maximum absolute atomic E-state index is 13.1. The Kier molecular flexibility index (Phi) is 5.50. The molecular weight excluding hydrogens is 411 g/mol. The van der Waals surface area contributed by atoms with E-state index in [9.17, 15) is 22.8 Å². The van der Waals surface area contributed by atoms with Crippen LogP contribution in [0.5, 0.6) is 5.75 Å². The Balaban J connectivity index is 1.87. The summed E-state index contributed by atoms with van der Waals surface area (Å²) >= 11 is 0. The number of urea groups is 1. The van der Waals surface area contributed by atoms with E-state index >= 15 is 0 Å². The first-order valence-electron chi connectivity index (χ1n) is 9.67. The van der Waals surface area contributed by atoms with Crippen LogP contribution < -0.4 is 9.64 Å². The normalized spacial score (nSPS) is 16.8. The molecular formula is C22H24F3N3O3. The highest BCUT2D eigenvalue weighted by molar-refractivity contribution is 6.22. The summed E-state index contributed by atoms with van der Waals surface area (Å²) in [6.07, 6.45) is -3.15. The van der Waals surface area contributed by atoms with Crippen molar-refractivity contribution in [2.75, 3.05) is 4.90 Å². The molecule has 6 nitrogen and oxygen atoms in total. The van der Waals surface area contributed by atoms with Crippen LogP contribution in [0, 0.1) is 0 Å². The molecule has 1 aromatic heterocycles. The standard InChI is InChI=1S/C22H24F3N3O3/c1-20(2,3)17-12-14(10-11-26-17)13-27-19(30)28(18(29)21(27,4)5)15-6-8-16(9-7-15)31-22(23,24)25/h6-12H,13H2,1-5H3. The number of nitrogens with zero attached hydrogens (tertiary/aromatic N) is 3. The second-order valence-electron chi connectivity index (χ2n) is 8.91. The minimum Gasteiger partial charge on any atom is -0.406 e. The van der Waals surface area contributed by atoms with Crippen LogP contribution in [-0.4, -0.2) is 33.7 Å². The average molecular weight is 435 g/mol. The Morgan fingerprint density at radius 1 is 1.03 bits per heavy atom. The lowest BCUT2D eigenvalue weighted by Gasteiger charge is -2.28. The Morgan fingerprint density at radius 2 is 1.65 bits per heavy atom. The van der Waals surface area contributed by atoms with Crippen molar-refractivity contribution in [2.45, 2.75) is 58.5 Å². The third kappa shape index (κ3) is 4.65. The number of halogens is 3. The number of amides is 3. The largest absolute Gasteiger partial charge is 0.573 e. The van der Waals surface area contributed by atoms with Gasteiger partial charge in [0.1, 0.15) is 11.3 Å². The lowest BCUT2D eigenvalue weighted by Crippen LogP contribution is -2.43. The van der Waals surface area contributed by atoms with Crippen LogP contribution in [0.2, 0.25) is 0 Å². The van der Waals surface area contributed by atoms with Gasteiger partial charge in [-0.3, -0.25) is 9.78 Å². The van der Waals surface area contributed by atoms with Crippen LogP contribution >= 0.6 is 0 Å². The fourth-order valence-corrected chi connectivity index (χ4v) is 3.29. The first-order valence-corrected chi connectivity index (χ1v) is 9.67. The molecule has 0 aliphatic carbocycles. The summed E-state index contributed by atoms with van der Waals surface area (Å²) in [5.41, 5.74) is 0.541. The van der Waals surface area contributed by atoms with Gasteiger partial charge in [0.15, 0.2) is 0 Å². The molecule has 0 N–H and O–H groups in total. The van der Waals surface area contributed by atoms with Gasteiger partial charge in [0.2, 0.25) is 0 Å². The molecule has 0 atom stereocenters. The highest BCUT2D eigenvalue weighted by atomic mass is 19.4. The molecule has 9 heteroatoms. The molecule has 1 aliphatic rings. The number of hydrogen-bond donors (Lipinski definition) is 0. The first-order chi connectivity index (χ1) is 14.2. The van der Waals surface area contributed by atoms with Gasteiger partial charge in [-0.15, -0.1) is 13.2 Å². The van der Waals surface area contributed by atoms with Gasteiger partial charge >= 0.3 is 12.4 Å². The fourth-order valence-electron chi connectivity index (χ4n) is 3.29. The molecule has 1 saturated heterocycles. The van der Waals surface area contributed by atoms with Gasteiger partial charge in [0.25, 0.3) is 5.91 Å². The van der Waals surface area contributed by atoms with Gasteiger partial charge in [-0.25, -0.2) is 9.69 Å². The highest BCUT2D eigenvalue weighted by Gasteiger charge is 2.51. The van der Waals surface area contributed by atoms with E-state index in [1.807, 2.05) is 26.8 Å². The number of carbonyl (C=O) groups excluding carboxylic acids is 2. The molecule has 166 valence electrons. The second kappa shape index (κ2) is 7.55. The number of carbonyl (C=O) groups is 2. The van der Waals surface area contributed by atoms with Crippen molar-refractivity contribution in [2.24, 2.45) is 0 Å². The zero-order chi connectivity index (χ0) is 23.2. The molecule has 2 heterocycles. The highest BCUT2D eigenvalue weighted by Crippen LogP contribution is 2.35. The lowest BCUT2D eigenvalue weighted by molar-refractivity contribution is -0.274. The Morgan fingerprint density at radius 3 is 2.19 bits per heavy atom. The van der Waals surface area contributed by atoms with E-state index in [0.717, 1.165) is 28.3 Å². The quantitative estimate of drug-likeness (QED) is 0.633. The van der Waals surface area contributed by atoms with Crippen molar-refractivity contribution in [3.05, 3.63) is 53.9 Å². The minimum absolute atomic E-state index is 0.171. The predicted molar refractivity (Wildman–Crippen MR) is 109 cm³/mol. The Bertz CT molecular complexity index is 996. The molecule has 0 unspecified atom stereocenters. The Hall–Kier alpha value is -3.10. The van der Waals surface area contributed by atoms with Crippen LogP contribution in [0.4, 0.5) is 23.7 Å². The summed E-state index contributed by atoms with van der Waals surface area (Å²) in [6.45, 7) is 9.56. The number of hydrogen-bond acceptors (Lipinski definition) is 4. The summed E-state index contributed by atoms with van der Waals surface area (Å²) in [5.74, 6) is -0.898. The van der Waals surface area contributed by atoms with Crippen LogP contribution in [0.25, 0.3) is 0 Å². The van der Waals surface area contributed by atoms with Crippen molar-refractivity contribution in [1.29, 1.82) is 0 Å². The number of imide groups is 1. The van der Waals surface area contributed by atoms with Crippen LogP contribution in [0.3, 0.4) is 0 Å². The molecule has 3 amide bonds. The van der Waals surface area contributed by atoms with Gasteiger partial charge in [-0.2, -0.15) is 0 Å². The maximum atomic E-state index is 13.1. The molecule has 0 radical (unpaired) electrons. The molecule has 0 spiro atoms. The van der Waals surface area contributed by atoms with Gasteiger partial charge < -0.3 is 9.64 Å². The van der Waals surface area contributed by atoms with E-state index < -0.39 is 29.6 Å². The van der Waals surface area contributed by atoms with Crippen molar-refractivity contribution < 1.29 is 27.5 Å². The van der Waals surface area contributed by atoms with Crippen LogP contribution in [0.1, 0.15) is 45.9 Å². The summed E-state index contributed by atoms with van der Waals surface area (Å²) in [4.78, 5) is 33.0. The third-order valence-corrected chi connectivity index (χ3v) is 5.09. The smallest absolute Gasteiger partial charge is 0.406 e. The fraction of sp³-hybridized carbons (Fsp3) is 0.409. The monoisotopic (exact) mass is 435 g/mol. The van der Waals surface area contributed by atoms with Gasteiger partial charge in [-0.1, -0.05) is 20.8 Å². The molecule has 1 aliphatic heterocycles. The van der Waals surface area contributed by atoms with Crippen molar-refractivity contribution in [3.8, 4) is 5.75 Å². The van der Waals surface area contributed by atoms with E-state index in [-0.39, 0.29) is 17.6 Å². The van der Waals surface area contributed by atoms with Crippen LogP contribution in [0.15, 0.2) is 42.6 Å². The van der Waals surface area contributed by atoms with Crippen molar-refractivity contribution in [1.82, 2.24) is 9.88 Å². The summed E-state index contributed by atoms with van der Waals surface area (Å²) in [6, 6.07) is 7.78. The second-order valence-corrected chi connectivity index (χ2v) is 8.91.